The molecule has 0 saturated carbocycles. The van der Waals surface area contributed by atoms with E-state index < -0.39 is 11.9 Å². The van der Waals surface area contributed by atoms with E-state index in [2.05, 4.69) is 20.8 Å². The molecule has 142 valence electrons. The van der Waals surface area contributed by atoms with Gasteiger partial charge in [-0.25, -0.2) is 0 Å². The summed E-state index contributed by atoms with van der Waals surface area (Å²) < 4.78 is 0. The van der Waals surface area contributed by atoms with E-state index in [1.807, 2.05) is 38.1 Å². The van der Waals surface area contributed by atoms with Crippen LogP contribution in [0.3, 0.4) is 0 Å². The Bertz CT molecular complexity index is 686. The quantitative estimate of drug-likeness (QED) is 0.718. The lowest BCUT2D eigenvalue weighted by Gasteiger charge is -2.27. The maximum atomic E-state index is 12.8. The number of carbonyl (C=O) groups is 2. The van der Waals surface area contributed by atoms with Gasteiger partial charge >= 0.3 is 0 Å². The molecule has 4 heteroatoms. The minimum absolute atomic E-state index is 0.136. The Morgan fingerprint density at radius 3 is 2.27 bits per heavy atom. The molecule has 4 nitrogen and oxygen atoms in total. The van der Waals surface area contributed by atoms with Gasteiger partial charge in [0.05, 0.1) is 11.6 Å². The summed E-state index contributed by atoms with van der Waals surface area (Å²) in [4.78, 5) is 27.1. The van der Waals surface area contributed by atoms with Gasteiger partial charge in [-0.05, 0) is 29.4 Å². The van der Waals surface area contributed by atoms with Gasteiger partial charge in [-0.2, -0.15) is 0 Å². The van der Waals surface area contributed by atoms with Crippen LogP contribution >= 0.6 is 0 Å². The lowest BCUT2D eigenvalue weighted by molar-refractivity contribution is -0.129. The van der Waals surface area contributed by atoms with Gasteiger partial charge in [-0.15, -0.1) is 0 Å². The summed E-state index contributed by atoms with van der Waals surface area (Å²) in [6.45, 7) is 10.8. The molecular weight excluding hydrogens is 326 g/mol. The van der Waals surface area contributed by atoms with Gasteiger partial charge in [-0.1, -0.05) is 65.3 Å². The Hall–Kier alpha value is -2.10. The number of hydrogen-bond acceptors (Lipinski definition) is 3. The molecule has 1 aromatic carbocycles. The maximum absolute atomic E-state index is 12.8. The van der Waals surface area contributed by atoms with E-state index in [9.17, 15) is 14.7 Å². The SMILES string of the molecule is CCCCN1C(=O)C(O)=C(C(=O)CC(C)C)C1c1ccc(C(C)C)cc1. The molecule has 0 fully saturated rings. The Morgan fingerprint density at radius 1 is 1.15 bits per heavy atom. The summed E-state index contributed by atoms with van der Waals surface area (Å²) in [6, 6.07) is 7.56. The second-order valence-electron chi connectivity index (χ2n) is 7.86. The molecule has 26 heavy (non-hydrogen) atoms. The van der Waals surface area contributed by atoms with Crippen LogP contribution in [0, 0.1) is 5.92 Å². The van der Waals surface area contributed by atoms with Crippen LogP contribution in [0.25, 0.3) is 0 Å². The van der Waals surface area contributed by atoms with E-state index in [0.717, 1.165) is 18.4 Å². The summed E-state index contributed by atoms with van der Waals surface area (Å²) in [5.74, 6) is -0.348. The zero-order valence-corrected chi connectivity index (χ0v) is 16.6. The van der Waals surface area contributed by atoms with E-state index in [1.54, 1.807) is 4.90 Å². The molecular formula is C22H31NO3. The van der Waals surface area contributed by atoms with Crippen LogP contribution in [0.15, 0.2) is 35.6 Å². The molecule has 1 amide bonds. The fraction of sp³-hybridized carbons (Fsp3) is 0.545. The highest BCUT2D eigenvalue weighted by Gasteiger charge is 2.42. The number of Topliss-reactive ketones (excluding diaryl/α,β-unsaturated/α-hetero) is 1. The molecule has 0 aromatic heterocycles. The average Bonchev–Trinajstić information content (AvgIpc) is 2.84. The van der Waals surface area contributed by atoms with Crippen molar-refractivity contribution >= 4 is 11.7 Å². The first kappa shape index (κ1) is 20.2. The van der Waals surface area contributed by atoms with Crippen molar-refractivity contribution in [2.45, 2.75) is 65.8 Å². The number of aliphatic hydroxyl groups is 1. The van der Waals surface area contributed by atoms with Crippen LogP contribution in [-0.4, -0.2) is 28.2 Å². The highest BCUT2D eigenvalue weighted by atomic mass is 16.3. The van der Waals surface area contributed by atoms with Crippen molar-refractivity contribution in [2.24, 2.45) is 5.92 Å². The standard InChI is InChI=1S/C22H31NO3/c1-6-7-12-23-20(17-10-8-16(9-11-17)15(4)5)19(21(25)22(23)26)18(24)13-14(2)3/h8-11,14-15,20,25H,6-7,12-13H2,1-5H3. The summed E-state index contributed by atoms with van der Waals surface area (Å²) in [7, 11) is 0. The first-order valence-electron chi connectivity index (χ1n) is 9.65. The van der Waals surface area contributed by atoms with Crippen molar-refractivity contribution < 1.29 is 14.7 Å². The van der Waals surface area contributed by atoms with E-state index in [0.29, 0.717) is 18.9 Å². The molecule has 0 spiro atoms. The lowest BCUT2D eigenvalue weighted by atomic mass is 9.91. The lowest BCUT2D eigenvalue weighted by Crippen LogP contribution is -2.32. The number of aliphatic hydroxyl groups excluding tert-OH is 1. The van der Waals surface area contributed by atoms with Crippen molar-refractivity contribution in [3.8, 4) is 0 Å². The predicted octanol–water partition coefficient (Wildman–Crippen LogP) is 4.92. The van der Waals surface area contributed by atoms with Gasteiger partial charge in [0.1, 0.15) is 0 Å². The van der Waals surface area contributed by atoms with E-state index in [4.69, 9.17) is 0 Å². The minimum atomic E-state index is -0.485. The zero-order chi connectivity index (χ0) is 19.4. The van der Waals surface area contributed by atoms with Crippen LogP contribution in [0.5, 0.6) is 0 Å². The van der Waals surface area contributed by atoms with Gasteiger partial charge < -0.3 is 10.0 Å². The molecule has 0 radical (unpaired) electrons. The molecule has 1 aromatic rings. The molecule has 2 rings (SSSR count). The number of benzene rings is 1. The zero-order valence-electron chi connectivity index (χ0n) is 16.6. The normalized spacial score (nSPS) is 17.7. The molecule has 1 unspecified atom stereocenters. The number of hydrogen-bond donors (Lipinski definition) is 1. The van der Waals surface area contributed by atoms with Crippen molar-refractivity contribution in [3.05, 3.63) is 46.7 Å². The molecule has 1 aliphatic heterocycles. The van der Waals surface area contributed by atoms with E-state index in [-0.39, 0.29) is 23.0 Å². The number of ketones is 1. The number of unbranched alkanes of at least 4 members (excludes halogenated alkanes) is 1. The monoisotopic (exact) mass is 357 g/mol. The van der Waals surface area contributed by atoms with Crippen LogP contribution in [0.4, 0.5) is 0 Å². The first-order valence-corrected chi connectivity index (χ1v) is 9.65. The molecule has 1 aliphatic rings. The topological polar surface area (TPSA) is 57.6 Å². The minimum Gasteiger partial charge on any atom is -0.503 e. The third kappa shape index (κ3) is 4.17. The number of rotatable bonds is 8. The number of carbonyl (C=O) groups excluding carboxylic acids is 2. The largest absolute Gasteiger partial charge is 0.503 e. The molecule has 1 atom stereocenters. The molecule has 1 N–H and O–H groups in total. The smallest absolute Gasteiger partial charge is 0.290 e. The fourth-order valence-corrected chi connectivity index (χ4v) is 3.39. The van der Waals surface area contributed by atoms with Gasteiger partial charge in [0.25, 0.3) is 5.91 Å². The third-order valence-electron chi connectivity index (χ3n) is 4.87. The highest BCUT2D eigenvalue weighted by Crippen LogP contribution is 2.39. The van der Waals surface area contributed by atoms with Gasteiger partial charge in [-0.3, -0.25) is 9.59 Å². The molecule has 1 heterocycles. The highest BCUT2D eigenvalue weighted by molar-refractivity contribution is 6.09. The Labute approximate surface area is 156 Å². The van der Waals surface area contributed by atoms with Crippen molar-refractivity contribution in [2.75, 3.05) is 6.54 Å². The van der Waals surface area contributed by atoms with E-state index in [1.165, 1.54) is 5.56 Å². The van der Waals surface area contributed by atoms with Gasteiger partial charge in [0.2, 0.25) is 0 Å². The van der Waals surface area contributed by atoms with E-state index >= 15 is 0 Å². The van der Waals surface area contributed by atoms with Crippen LogP contribution < -0.4 is 0 Å². The summed E-state index contributed by atoms with van der Waals surface area (Å²) in [5.41, 5.74) is 2.36. The Kier molecular flexibility index (Phi) is 6.63. The van der Waals surface area contributed by atoms with Crippen molar-refractivity contribution in [1.29, 1.82) is 0 Å². The summed E-state index contributed by atoms with van der Waals surface area (Å²) >= 11 is 0. The van der Waals surface area contributed by atoms with Crippen molar-refractivity contribution in [1.82, 2.24) is 4.90 Å². The fourth-order valence-electron chi connectivity index (χ4n) is 3.39. The molecule has 0 saturated heterocycles. The second-order valence-corrected chi connectivity index (χ2v) is 7.86. The van der Waals surface area contributed by atoms with Crippen LogP contribution in [-0.2, 0) is 9.59 Å². The predicted molar refractivity (Wildman–Crippen MR) is 104 cm³/mol. The average molecular weight is 357 g/mol. The molecule has 0 bridgehead atoms. The van der Waals surface area contributed by atoms with Crippen molar-refractivity contribution in [3.63, 3.8) is 0 Å². The first-order chi connectivity index (χ1) is 12.3. The molecule has 0 aliphatic carbocycles. The van der Waals surface area contributed by atoms with Gasteiger partial charge in [0, 0.05) is 13.0 Å². The number of nitrogens with zero attached hydrogens (tertiary/aromatic N) is 1. The third-order valence-corrected chi connectivity index (χ3v) is 4.87. The van der Waals surface area contributed by atoms with Crippen LogP contribution in [0.2, 0.25) is 0 Å². The maximum Gasteiger partial charge on any atom is 0.290 e. The number of amides is 1. The van der Waals surface area contributed by atoms with Gasteiger partial charge in [0.15, 0.2) is 11.5 Å². The summed E-state index contributed by atoms with van der Waals surface area (Å²) in [6.07, 6.45) is 2.11. The Balaban J connectivity index is 2.45. The summed E-state index contributed by atoms with van der Waals surface area (Å²) in [5, 5.41) is 10.5. The second kappa shape index (κ2) is 8.52. The Morgan fingerprint density at radius 2 is 1.77 bits per heavy atom. The van der Waals surface area contributed by atoms with Crippen LogP contribution in [0.1, 0.15) is 77.0 Å².